The standard InChI is InChI=1S/C18H18N2O2/c1-13-6-5-9-16(10-13)20-12-14(11-17(20)21)18(22)19-15-7-3-2-4-8-15/h2-10,14H,11-12H2,1H3,(H,19,22)/t14-/m1/s1. The summed E-state index contributed by atoms with van der Waals surface area (Å²) >= 11 is 0. The summed E-state index contributed by atoms with van der Waals surface area (Å²) in [6, 6.07) is 17.1. The van der Waals surface area contributed by atoms with E-state index in [1.165, 1.54) is 0 Å². The molecule has 112 valence electrons. The molecule has 0 aromatic heterocycles. The molecule has 1 heterocycles. The highest BCUT2D eigenvalue weighted by Gasteiger charge is 2.35. The van der Waals surface area contributed by atoms with Crippen molar-refractivity contribution in [3.63, 3.8) is 0 Å². The van der Waals surface area contributed by atoms with E-state index in [2.05, 4.69) is 5.32 Å². The van der Waals surface area contributed by atoms with Crippen molar-refractivity contribution in [2.24, 2.45) is 5.92 Å². The molecule has 1 N–H and O–H groups in total. The maximum atomic E-state index is 12.3. The molecule has 0 bridgehead atoms. The quantitative estimate of drug-likeness (QED) is 0.946. The van der Waals surface area contributed by atoms with Crippen LogP contribution >= 0.6 is 0 Å². The van der Waals surface area contributed by atoms with Gasteiger partial charge in [0, 0.05) is 24.3 Å². The minimum atomic E-state index is -0.312. The predicted octanol–water partition coefficient (Wildman–Crippen LogP) is 2.99. The number of aryl methyl sites for hydroxylation is 1. The Morgan fingerprint density at radius 2 is 1.91 bits per heavy atom. The van der Waals surface area contributed by atoms with Crippen LogP contribution in [0.3, 0.4) is 0 Å². The van der Waals surface area contributed by atoms with Crippen molar-refractivity contribution in [2.45, 2.75) is 13.3 Å². The van der Waals surface area contributed by atoms with E-state index in [0.717, 1.165) is 16.9 Å². The van der Waals surface area contributed by atoms with Crippen LogP contribution in [0.5, 0.6) is 0 Å². The number of hydrogen-bond donors (Lipinski definition) is 1. The molecule has 1 saturated heterocycles. The van der Waals surface area contributed by atoms with Gasteiger partial charge in [0.05, 0.1) is 5.92 Å². The smallest absolute Gasteiger partial charge is 0.229 e. The van der Waals surface area contributed by atoms with E-state index >= 15 is 0 Å². The van der Waals surface area contributed by atoms with Crippen LogP contribution in [0, 0.1) is 12.8 Å². The van der Waals surface area contributed by atoms with Gasteiger partial charge in [-0.2, -0.15) is 0 Å². The van der Waals surface area contributed by atoms with Crippen LogP contribution in [-0.4, -0.2) is 18.4 Å². The average Bonchev–Trinajstić information content (AvgIpc) is 2.90. The first-order valence-electron chi connectivity index (χ1n) is 7.36. The van der Waals surface area contributed by atoms with Crippen molar-refractivity contribution < 1.29 is 9.59 Å². The topological polar surface area (TPSA) is 49.4 Å². The molecule has 2 amide bonds. The summed E-state index contributed by atoms with van der Waals surface area (Å²) in [5.74, 6) is -0.415. The molecule has 2 aromatic rings. The molecule has 4 nitrogen and oxygen atoms in total. The Hall–Kier alpha value is -2.62. The van der Waals surface area contributed by atoms with E-state index in [-0.39, 0.29) is 24.2 Å². The van der Waals surface area contributed by atoms with E-state index in [9.17, 15) is 9.59 Å². The summed E-state index contributed by atoms with van der Waals surface area (Å²) in [4.78, 5) is 26.2. The Morgan fingerprint density at radius 3 is 2.64 bits per heavy atom. The van der Waals surface area contributed by atoms with Crippen LogP contribution in [0.1, 0.15) is 12.0 Å². The third kappa shape index (κ3) is 3.01. The number of rotatable bonds is 3. The van der Waals surface area contributed by atoms with E-state index < -0.39 is 0 Å². The van der Waals surface area contributed by atoms with Crippen molar-refractivity contribution >= 4 is 23.2 Å². The summed E-state index contributed by atoms with van der Waals surface area (Å²) in [7, 11) is 0. The Balaban J connectivity index is 1.70. The first-order valence-corrected chi connectivity index (χ1v) is 7.36. The van der Waals surface area contributed by atoms with Gasteiger partial charge in [0.1, 0.15) is 0 Å². The normalized spacial score (nSPS) is 17.6. The van der Waals surface area contributed by atoms with Crippen LogP contribution < -0.4 is 10.2 Å². The van der Waals surface area contributed by atoms with E-state index in [4.69, 9.17) is 0 Å². The molecule has 0 radical (unpaired) electrons. The van der Waals surface area contributed by atoms with Gasteiger partial charge in [-0.1, -0.05) is 30.3 Å². The number of carbonyl (C=O) groups is 2. The zero-order valence-corrected chi connectivity index (χ0v) is 12.5. The molecule has 0 aliphatic carbocycles. The SMILES string of the molecule is Cc1cccc(N2C[C@H](C(=O)Nc3ccccc3)CC2=O)c1. The number of para-hydroxylation sites is 1. The van der Waals surface area contributed by atoms with Crippen molar-refractivity contribution in [3.8, 4) is 0 Å². The van der Waals surface area contributed by atoms with Crippen molar-refractivity contribution in [2.75, 3.05) is 16.8 Å². The molecule has 1 fully saturated rings. The molecule has 3 rings (SSSR count). The number of amides is 2. The third-order valence-corrected chi connectivity index (χ3v) is 3.85. The van der Waals surface area contributed by atoms with Gasteiger partial charge in [0.15, 0.2) is 0 Å². The van der Waals surface area contributed by atoms with Crippen molar-refractivity contribution in [1.29, 1.82) is 0 Å². The van der Waals surface area contributed by atoms with Crippen LogP contribution in [0.4, 0.5) is 11.4 Å². The third-order valence-electron chi connectivity index (χ3n) is 3.85. The molecule has 1 aliphatic rings. The monoisotopic (exact) mass is 294 g/mol. The van der Waals surface area contributed by atoms with Crippen LogP contribution in [-0.2, 0) is 9.59 Å². The fourth-order valence-electron chi connectivity index (χ4n) is 2.69. The van der Waals surface area contributed by atoms with Gasteiger partial charge in [-0.15, -0.1) is 0 Å². The van der Waals surface area contributed by atoms with Gasteiger partial charge in [-0.05, 0) is 36.8 Å². The highest BCUT2D eigenvalue weighted by atomic mass is 16.2. The second-order valence-electron chi connectivity index (χ2n) is 5.60. The maximum Gasteiger partial charge on any atom is 0.229 e. The molecule has 1 aliphatic heterocycles. The second-order valence-corrected chi connectivity index (χ2v) is 5.60. The lowest BCUT2D eigenvalue weighted by Gasteiger charge is -2.17. The highest BCUT2D eigenvalue weighted by molar-refractivity contribution is 6.03. The van der Waals surface area contributed by atoms with Gasteiger partial charge in [-0.25, -0.2) is 0 Å². The maximum absolute atomic E-state index is 12.3. The number of anilines is 2. The zero-order valence-electron chi connectivity index (χ0n) is 12.5. The minimum Gasteiger partial charge on any atom is -0.326 e. The first-order chi connectivity index (χ1) is 10.6. The van der Waals surface area contributed by atoms with E-state index in [0.29, 0.717) is 6.54 Å². The number of nitrogens with one attached hydrogen (secondary N) is 1. The Labute approximate surface area is 129 Å². The minimum absolute atomic E-state index is 0.00110. The summed E-state index contributed by atoms with van der Waals surface area (Å²) < 4.78 is 0. The van der Waals surface area contributed by atoms with Gasteiger partial charge >= 0.3 is 0 Å². The predicted molar refractivity (Wildman–Crippen MR) is 86.7 cm³/mol. The van der Waals surface area contributed by atoms with Gasteiger partial charge in [0.25, 0.3) is 0 Å². The summed E-state index contributed by atoms with van der Waals surface area (Å²) in [6.07, 6.45) is 0.257. The van der Waals surface area contributed by atoms with Crippen molar-refractivity contribution in [1.82, 2.24) is 0 Å². The molecule has 2 aromatic carbocycles. The summed E-state index contributed by atoms with van der Waals surface area (Å²) in [5, 5.41) is 2.87. The zero-order chi connectivity index (χ0) is 15.5. The van der Waals surface area contributed by atoms with E-state index in [1.54, 1.807) is 4.90 Å². The number of hydrogen-bond acceptors (Lipinski definition) is 2. The fourth-order valence-corrected chi connectivity index (χ4v) is 2.69. The fraction of sp³-hybridized carbons (Fsp3) is 0.222. The lowest BCUT2D eigenvalue weighted by atomic mass is 10.1. The van der Waals surface area contributed by atoms with Gasteiger partial charge in [0.2, 0.25) is 11.8 Å². The summed E-state index contributed by atoms with van der Waals surface area (Å²) in [5.41, 5.74) is 2.72. The van der Waals surface area contributed by atoms with Gasteiger partial charge in [-0.3, -0.25) is 9.59 Å². The number of nitrogens with zero attached hydrogens (tertiary/aromatic N) is 1. The van der Waals surface area contributed by atoms with Crippen molar-refractivity contribution in [3.05, 3.63) is 60.2 Å². The molecule has 0 spiro atoms. The Bertz CT molecular complexity index is 697. The van der Waals surface area contributed by atoms with Crippen LogP contribution in [0.15, 0.2) is 54.6 Å². The first kappa shape index (κ1) is 14.3. The van der Waals surface area contributed by atoms with Gasteiger partial charge < -0.3 is 10.2 Å². The largest absolute Gasteiger partial charge is 0.326 e. The lowest BCUT2D eigenvalue weighted by Crippen LogP contribution is -2.28. The van der Waals surface area contributed by atoms with Crippen LogP contribution in [0.2, 0.25) is 0 Å². The molecular formula is C18H18N2O2. The molecule has 0 saturated carbocycles. The molecular weight excluding hydrogens is 276 g/mol. The Morgan fingerprint density at radius 1 is 1.14 bits per heavy atom. The highest BCUT2D eigenvalue weighted by Crippen LogP contribution is 2.26. The molecule has 22 heavy (non-hydrogen) atoms. The second kappa shape index (κ2) is 6.02. The number of carbonyl (C=O) groups excluding carboxylic acids is 2. The average molecular weight is 294 g/mol. The number of benzene rings is 2. The molecule has 0 unspecified atom stereocenters. The molecule has 4 heteroatoms. The van der Waals surface area contributed by atoms with E-state index in [1.807, 2.05) is 61.5 Å². The molecule has 1 atom stereocenters. The Kier molecular flexibility index (Phi) is 3.92. The lowest BCUT2D eigenvalue weighted by molar-refractivity contribution is -0.122. The summed E-state index contributed by atoms with van der Waals surface area (Å²) in [6.45, 7) is 2.42. The van der Waals surface area contributed by atoms with Crippen LogP contribution in [0.25, 0.3) is 0 Å².